The van der Waals surface area contributed by atoms with Gasteiger partial charge in [-0.2, -0.15) is 0 Å². The number of likely N-dealkylation sites (N-methyl/N-ethyl adjacent to an activating group) is 1. The van der Waals surface area contributed by atoms with Gasteiger partial charge < -0.3 is 10.6 Å². The Balaban J connectivity index is 1.71. The maximum absolute atomic E-state index is 11.7. The van der Waals surface area contributed by atoms with Crippen molar-refractivity contribution in [2.24, 2.45) is 0 Å². The molecule has 0 radical (unpaired) electrons. The first-order chi connectivity index (χ1) is 11.3. The van der Waals surface area contributed by atoms with Crippen molar-refractivity contribution in [3.8, 4) is 0 Å². The lowest BCUT2D eigenvalue weighted by Gasteiger charge is -2.34. The van der Waals surface area contributed by atoms with E-state index in [4.69, 9.17) is 0 Å². The van der Waals surface area contributed by atoms with Gasteiger partial charge in [0.15, 0.2) is 10.9 Å². The minimum atomic E-state index is 0.0463. The van der Waals surface area contributed by atoms with E-state index in [1.165, 1.54) is 6.42 Å². The number of rotatable bonds is 5. The molecule has 2 aromatic rings. The molecular weight excluding hydrogens is 312 g/mol. The third-order valence-electron chi connectivity index (χ3n) is 3.90. The molecule has 1 aliphatic rings. The summed E-state index contributed by atoms with van der Waals surface area (Å²) < 4.78 is 0. The Kier molecular flexibility index (Phi) is 5.14. The molecule has 3 rings (SSSR count). The zero-order chi connectivity index (χ0) is 16.1. The molecule has 2 N–H and O–H groups in total. The number of anilines is 2. The summed E-state index contributed by atoms with van der Waals surface area (Å²) in [6.45, 7) is 1.36. The summed E-state index contributed by atoms with van der Waals surface area (Å²) in [7, 11) is 1.67. The molecule has 8 heteroatoms. The number of piperidine rings is 1. The van der Waals surface area contributed by atoms with Crippen LogP contribution in [0.2, 0.25) is 0 Å². The number of carbonyl (C=O) groups is 1. The molecule has 0 unspecified atom stereocenters. The number of hydrogen-bond acceptors (Lipinski definition) is 7. The standard InChI is InChI=1S/C15H20N6OS/c1-16-14(22)9-21-7-3-2-4-12(21)11-10-23-15(19-11)20-13-8-17-5-6-18-13/h5-6,8,10,12H,2-4,7,9H2,1H3,(H,16,22)(H,18,19,20)/t12-/m0/s1. The Morgan fingerprint density at radius 1 is 1.43 bits per heavy atom. The number of amides is 1. The Morgan fingerprint density at radius 3 is 3.13 bits per heavy atom. The predicted molar refractivity (Wildman–Crippen MR) is 89.7 cm³/mol. The molecule has 23 heavy (non-hydrogen) atoms. The quantitative estimate of drug-likeness (QED) is 0.871. The monoisotopic (exact) mass is 332 g/mol. The summed E-state index contributed by atoms with van der Waals surface area (Å²) in [4.78, 5) is 26.8. The van der Waals surface area contributed by atoms with Crippen LogP contribution < -0.4 is 10.6 Å². The molecule has 1 saturated heterocycles. The average Bonchev–Trinajstić information content (AvgIpc) is 3.04. The van der Waals surface area contributed by atoms with Crippen LogP contribution in [-0.4, -0.2) is 45.9 Å². The Hall–Kier alpha value is -2.06. The van der Waals surface area contributed by atoms with Gasteiger partial charge in [0.05, 0.1) is 24.5 Å². The van der Waals surface area contributed by atoms with Crippen LogP contribution in [0.5, 0.6) is 0 Å². The molecule has 0 spiro atoms. The van der Waals surface area contributed by atoms with Gasteiger partial charge in [-0.25, -0.2) is 9.97 Å². The highest BCUT2D eigenvalue weighted by Crippen LogP contribution is 2.32. The summed E-state index contributed by atoms with van der Waals surface area (Å²) in [5.74, 6) is 0.726. The summed E-state index contributed by atoms with van der Waals surface area (Å²) in [6, 6.07) is 0.203. The van der Waals surface area contributed by atoms with Gasteiger partial charge in [-0.3, -0.25) is 14.7 Å². The minimum Gasteiger partial charge on any atom is -0.358 e. The highest BCUT2D eigenvalue weighted by Gasteiger charge is 2.27. The Labute approximate surface area is 139 Å². The van der Waals surface area contributed by atoms with E-state index < -0.39 is 0 Å². The van der Waals surface area contributed by atoms with Crippen LogP contribution >= 0.6 is 11.3 Å². The number of hydrogen-bond donors (Lipinski definition) is 2. The normalized spacial score (nSPS) is 18.6. The number of likely N-dealkylation sites (tertiary alicyclic amines) is 1. The number of thiazole rings is 1. The van der Waals surface area contributed by atoms with E-state index in [1.807, 2.05) is 0 Å². The summed E-state index contributed by atoms with van der Waals surface area (Å²) in [5.41, 5.74) is 1.02. The van der Waals surface area contributed by atoms with Gasteiger partial charge in [0.1, 0.15) is 0 Å². The van der Waals surface area contributed by atoms with E-state index in [-0.39, 0.29) is 11.9 Å². The first-order valence-electron chi connectivity index (χ1n) is 7.69. The average molecular weight is 332 g/mol. The molecule has 3 heterocycles. The second-order valence-electron chi connectivity index (χ2n) is 5.45. The van der Waals surface area contributed by atoms with Crippen LogP contribution in [0.1, 0.15) is 31.0 Å². The molecule has 0 aliphatic carbocycles. The van der Waals surface area contributed by atoms with Gasteiger partial charge >= 0.3 is 0 Å². The first-order valence-corrected chi connectivity index (χ1v) is 8.57. The van der Waals surface area contributed by atoms with Crippen molar-refractivity contribution >= 4 is 28.2 Å². The lowest BCUT2D eigenvalue weighted by atomic mass is 10.00. The molecule has 2 aromatic heterocycles. The SMILES string of the molecule is CNC(=O)CN1CCCC[C@H]1c1csc(Nc2cnccn2)n1. The fourth-order valence-electron chi connectivity index (χ4n) is 2.75. The lowest BCUT2D eigenvalue weighted by Crippen LogP contribution is -2.40. The number of aromatic nitrogens is 3. The highest BCUT2D eigenvalue weighted by atomic mass is 32.1. The van der Waals surface area contributed by atoms with Crippen molar-refractivity contribution < 1.29 is 4.79 Å². The molecular formula is C15H20N6OS. The summed E-state index contributed by atoms with van der Waals surface area (Å²) >= 11 is 1.55. The van der Waals surface area contributed by atoms with Gasteiger partial charge in [0.25, 0.3) is 0 Å². The minimum absolute atomic E-state index is 0.0463. The van der Waals surface area contributed by atoms with Crippen LogP contribution in [0, 0.1) is 0 Å². The topological polar surface area (TPSA) is 83.0 Å². The smallest absolute Gasteiger partial charge is 0.233 e. The fraction of sp³-hybridized carbons (Fsp3) is 0.467. The third-order valence-corrected chi connectivity index (χ3v) is 4.68. The van der Waals surface area contributed by atoms with E-state index in [9.17, 15) is 4.79 Å². The molecule has 0 saturated carbocycles. The molecule has 1 fully saturated rings. The molecule has 0 aromatic carbocycles. The second kappa shape index (κ2) is 7.47. The molecule has 1 aliphatic heterocycles. The zero-order valence-corrected chi connectivity index (χ0v) is 13.8. The van der Waals surface area contributed by atoms with E-state index in [0.717, 1.165) is 30.2 Å². The maximum Gasteiger partial charge on any atom is 0.233 e. The largest absolute Gasteiger partial charge is 0.358 e. The number of nitrogens with one attached hydrogen (secondary N) is 2. The van der Waals surface area contributed by atoms with Crippen molar-refractivity contribution in [3.05, 3.63) is 29.7 Å². The van der Waals surface area contributed by atoms with E-state index in [0.29, 0.717) is 12.4 Å². The zero-order valence-electron chi connectivity index (χ0n) is 13.0. The molecule has 1 atom stereocenters. The first kappa shape index (κ1) is 15.8. The van der Waals surface area contributed by atoms with Gasteiger partial charge in [0, 0.05) is 24.8 Å². The Bertz CT molecular complexity index is 646. The molecule has 1 amide bonds. The Morgan fingerprint density at radius 2 is 2.35 bits per heavy atom. The maximum atomic E-state index is 11.7. The predicted octanol–water partition coefficient (Wildman–Crippen LogP) is 1.95. The summed E-state index contributed by atoms with van der Waals surface area (Å²) in [6.07, 6.45) is 8.27. The highest BCUT2D eigenvalue weighted by molar-refractivity contribution is 7.13. The van der Waals surface area contributed by atoms with E-state index in [2.05, 4.69) is 35.9 Å². The van der Waals surface area contributed by atoms with Gasteiger partial charge in [0.2, 0.25) is 5.91 Å². The van der Waals surface area contributed by atoms with Crippen molar-refractivity contribution in [2.75, 3.05) is 25.5 Å². The fourth-order valence-corrected chi connectivity index (χ4v) is 3.51. The van der Waals surface area contributed by atoms with E-state index in [1.54, 1.807) is 37.0 Å². The van der Waals surface area contributed by atoms with Crippen molar-refractivity contribution in [1.82, 2.24) is 25.2 Å². The molecule has 7 nitrogen and oxygen atoms in total. The van der Waals surface area contributed by atoms with Crippen molar-refractivity contribution in [3.63, 3.8) is 0 Å². The van der Waals surface area contributed by atoms with Crippen LogP contribution in [0.15, 0.2) is 24.0 Å². The molecule has 0 bridgehead atoms. The van der Waals surface area contributed by atoms with Crippen LogP contribution in [0.3, 0.4) is 0 Å². The van der Waals surface area contributed by atoms with Crippen LogP contribution in [0.4, 0.5) is 10.9 Å². The van der Waals surface area contributed by atoms with Gasteiger partial charge in [-0.15, -0.1) is 11.3 Å². The summed E-state index contributed by atoms with van der Waals surface area (Å²) in [5, 5.41) is 8.72. The van der Waals surface area contributed by atoms with Gasteiger partial charge in [-0.1, -0.05) is 6.42 Å². The second-order valence-corrected chi connectivity index (χ2v) is 6.31. The lowest BCUT2D eigenvalue weighted by molar-refractivity contribution is -0.122. The number of nitrogens with zero attached hydrogens (tertiary/aromatic N) is 4. The third kappa shape index (κ3) is 4.02. The van der Waals surface area contributed by atoms with Crippen molar-refractivity contribution in [1.29, 1.82) is 0 Å². The van der Waals surface area contributed by atoms with Gasteiger partial charge in [-0.05, 0) is 19.4 Å². The number of carbonyl (C=O) groups excluding carboxylic acids is 1. The van der Waals surface area contributed by atoms with Crippen LogP contribution in [0.25, 0.3) is 0 Å². The molecule has 122 valence electrons. The van der Waals surface area contributed by atoms with E-state index >= 15 is 0 Å². The van der Waals surface area contributed by atoms with Crippen LogP contribution in [-0.2, 0) is 4.79 Å². The van der Waals surface area contributed by atoms with Crippen molar-refractivity contribution in [2.45, 2.75) is 25.3 Å².